The van der Waals surface area contributed by atoms with Crippen LogP contribution in [0.4, 0.5) is 5.69 Å². The van der Waals surface area contributed by atoms with Crippen LogP contribution in [0.2, 0.25) is 0 Å². The molecule has 5 nitrogen and oxygen atoms in total. The van der Waals surface area contributed by atoms with Crippen molar-refractivity contribution >= 4 is 11.6 Å². The third-order valence-corrected chi connectivity index (χ3v) is 2.19. The van der Waals surface area contributed by atoms with E-state index >= 15 is 0 Å². The predicted molar refractivity (Wildman–Crippen MR) is 64.6 cm³/mol. The fourth-order valence-electron chi connectivity index (χ4n) is 1.48. The fraction of sp³-hybridized carbons (Fsp3) is 0.0833. The number of aromatic nitrogens is 2. The summed E-state index contributed by atoms with van der Waals surface area (Å²) in [6.45, 7) is 1.45. The lowest BCUT2D eigenvalue weighted by Crippen LogP contribution is -2.08. The van der Waals surface area contributed by atoms with Gasteiger partial charge in [0, 0.05) is 30.6 Å². The molecule has 1 aromatic carbocycles. The highest BCUT2D eigenvalue weighted by atomic mass is 16.1. The van der Waals surface area contributed by atoms with Crippen molar-refractivity contribution in [2.45, 2.75) is 6.92 Å². The largest absolute Gasteiger partial charge is 0.344 e. The van der Waals surface area contributed by atoms with Crippen molar-refractivity contribution in [1.29, 1.82) is 0 Å². The van der Waals surface area contributed by atoms with Crippen LogP contribution in [0.15, 0.2) is 41.5 Å². The zero-order valence-corrected chi connectivity index (χ0v) is 9.23. The van der Waals surface area contributed by atoms with E-state index in [-0.39, 0.29) is 11.6 Å². The van der Waals surface area contributed by atoms with Gasteiger partial charge < -0.3 is 10.3 Å². The minimum atomic E-state index is -0.383. The number of nitrogens with one attached hydrogen (secondary N) is 2. The van der Waals surface area contributed by atoms with E-state index in [1.807, 2.05) is 18.2 Å². The Morgan fingerprint density at radius 1 is 1.35 bits per heavy atom. The summed E-state index contributed by atoms with van der Waals surface area (Å²) in [5.74, 6) is -0.123. The average Bonchev–Trinajstić information content (AvgIpc) is 2.29. The number of H-pyrrole nitrogens is 1. The molecule has 0 fully saturated rings. The molecule has 0 aliphatic heterocycles. The number of carbonyl (C=O) groups excluding carboxylic acids is 1. The Labute approximate surface area is 97.5 Å². The van der Waals surface area contributed by atoms with Crippen LogP contribution in [0, 0.1) is 0 Å². The lowest BCUT2D eigenvalue weighted by atomic mass is 10.1. The van der Waals surface area contributed by atoms with Crippen molar-refractivity contribution in [3.63, 3.8) is 0 Å². The maximum Gasteiger partial charge on any atom is 0.344 e. The number of aromatic amines is 1. The predicted octanol–water partition coefficient (Wildman–Crippen LogP) is 1.40. The normalized spacial score (nSPS) is 9.94. The maximum absolute atomic E-state index is 10.9. The highest BCUT2D eigenvalue weighted by Crippen LogP contribution is 2.20. The molecule has 86 valence electrons. The second-order valence-electron chi connectivity index (χ2n) is 3.57. The number of hydrogen-bond acceptors (Lipinski definition) is 3. The zero-order chi connectivity index (χ0) is 12.3. The number of rotatable bonds is 2. The number of carbonyl (C=O) groups is 1. The standard InChI is InChI=1S/C12H11N3O2/c1-8(16)15-11-4-2-3-9(5-11)10-6-13-12(17)14-7-10/h2-7H,1H3,(H,15,16)(H,13,14,17). The molecule has 0 unspecified atom stereocenters. The summed E-state index contributed by atoms with van der Waals surface area (Å²) in [7, 11) is 0. The molecule has 2 aromatic rings. The smallest absolute Gasteiger partial charge is 0.326 e. The van der Waals surface area contributed by atoms with Gasteiger partial charge in [-0.3, -0.25) is 4.79 Å². The second-order valence-corrected chi connectivity index (χ2v) is 3.57. The van der Waals surface area contributed by atoms with Gasteiger partial charge in [-0.15, -0.1) is 0 Å². The molecule has 0 bridgehead atoms. The van der Waals surface area contributed by atoms with Gasteiger partial charge in [0.2, 0.25) is 5.91 Å². The van der Waals surface area contributed by atoms with Gasteiger partial charge in [-0.2, -0.15) is 0 Å². The summed E-state index contributed by atoms with van der Waals surface area (Å²) >= 11 is 0. The number of anilines is 1. The Morgan fingerprint density at radius 2 is 2.18 bits per heavy atom. The highest BCUT2D eigenvalue weighted by Gasteiger charge is 2.01. The SMILES string of the molecule is CC(=O)Nc1cccc(-c2cnc(=O)[nH]c2)c1. The summed E-state index contributed by atoms with van der Waals surface area (Å²) in [5, 5.41) is 2.70. The molecule has 0 spiro atoms. The van der Waals surface area contributed by atoms with E-state index in [4.69, 9.17) is 0 Å². The molecule has 0 atom stereocenters. The van der Waals surface area contributed by atoms with Gasteiger partial charge in [-0.05, 0) is 17.7 Å². The minimum Gasteiger partial charge on any atom is -0.326 e. The fourth-order valence-corrected chi connectivity index (χ4v) is 1.48. The van der Waals surface area contributed by atoms with Crippen LogP contribution in [0.5, 0.6) is 0 Å². The Morgan fingerprint density at radius 3 is 2.82 bits per heavy atom. The molecule has 0 saturated carbocycles. The van der Waals surface area contributed by atoms with Crippen LogP contribution in [-0.2, 0) is 4.79 Å². The molecule has 5 heteroatoms. The number of hydrogen-bond donors (Lipinski definition) is 2. The Bertz CT molecular complexity index is 584. The van der Waals surface area contributed by atoms with Crippen molar-refractivity contribution in [3.8, 4) is 11.1 Å². The number of amides is 1. The lowest BCUT2D eigenvalue weighted by Gasteiger charge is -2.05. The van der Waals surface area contributed by atoms with Crippen LogP contribution in [0.25, 0.3) is 11.1 Å². The van der Waals surface area contributed by atoms with E-state index in [1.165, 1.54) is 13.1 Å². The van der Waals surface area contributed by atoms with Gasteiger partial charge in [0.25, 0.3) is 0 Å². The van der Waals surface area contributed by atoms with E-state index in [1.54, 1.807) is 12.3 Å². The van der Waals surface area contributed by atoms with Crippen molar-refractivity contribution in [2.75, 3.05) is 5.32 Å². The number of nitrogens with zero attached hydrogens (tertiary/aromatic N) is 1. The van der Waals surface area contributed by atoms with E-state index in [9.17, 15) is 9.59 Å². The lowest BCUT2D eigenvalue weighted by molar-refractivity contribution is -0.114. The molecule has 0 aliphatic carbocycles. The quantitative estimate of drug-likeness (QED) is 0.817. The monoisotopic (exact) mass is 229 g/mol. The van der Waals surface area contributed by atoms with Crippen LogP contribution < -0.4 is 11.0 Å². The van der Waals surface area contributed by atoms with Crippen LogP contribution in [0.1, 0.15) is 6.92 Å². The topological polar surface area (TPSA) is 74.8 Å². The minimum absolute atomic E-state index is 0.123. The molecule has 1 heterocycles. The Kier molecular flexibility index (Phi) is 3.00. The average molecular weight is 229 g/mol. The van der Waals surface area contributed by atoms with Crippen molar-refractivity contribution in [3.05, 3.63) is 47.1 Å². The van der Waals surface area contributed by atoms with Gasteiger partial charge in [0.15, 0.2) is 0 Å². The molecular weight excluding hydrogens is 218 g/mol. The molecule has 0 saturated heterocycles. The van der Waals surface area contributed by atoms with E-state index in [0.29, 0.717) is 5.69 Å². The summed E-state index contributed by atoms with van der Waals surface area (Å²) < 4.78 is 0. The second kappa shape index (κ2) is 4.61. The van der Waals surface area contributed by atoms with Crippen LogP contribution in [0.3, 0.4) is 0 Å². The summed E-state index contributed by atoms with van der Waals surface area (Å²) in [4.78, 5) is 27.9. The zero-order valence-electron chi connectivity index (χ0n) is 9.23. The van der Waals surface area contributed by atoms with Gasteiger partial charge in [0.05, 0.1) is 0 Å². The molecular formula is C12H11N3O2. The Balaban J connectivity index is 2.35. The molecule has 2 rings (SSSR count). The first-order valence-electron chi connectivity index (χ1n) is 5.08. The van der Waals surface area contributed by atoms with Crippen LogP contribution in [-0.4, -0.2) is 15.9 Å². The van der Waals surface area contributed by atoms with Gasteiger partial charge >= 0.3 is 5.69 Å². The highest BCUT2D eigenvalue weighted by molar-refractivity contribution is 5.89. The van der Waals surface area contributed by atoms with E-state index in [0.717, 1.165) is 11.1 Å². The van der Waals surface area contributed by atoms with Crippen molar-refractivity contribution < 1.29 is 4.79 Å². The summed E-state index contributed by atoms with van der Waals surface area (Å²) in [6, 6.07) is 7.31. The molecule has 1 amide bonds. The summed E-state index contributed by atoms with van der Waals surface area (Å²) in [6.07, 6.45) is 3.08. The van der Waals surface area contributed by atoms with Crippen molar-refractivity contribution in [2.24, 2.45) is 0 Å². The Hall–Kier alpha value is -2.43. The maximum atomic E-state index is 10.9. The summed E-state index contributed by atoms with van der Waals surface area (Å²) in [5.41, 5.74) is 1.99. The molecule has 0 aliphatic rings. The van der Waals surface area contributed by atoms with Gasteiger partial charge in [0.1, 0.15) is 0 Å². The van der Waals surface area contributed by atoms with E-state index in [2.05, 4.69) is 15.3 Å². The first-order valence-corrected chi connectivity index (χ1v) is 5.08. The number of benzene rings is 1. The first-order chi connectivity index (χ1) is 8.15. The third kappa shape index (κ3) is 2.78. The molecule has 0 radical (unpaired) electrons. The van der Waals surface area contributed by atoms with Crippen molar-refractivity contribution in [1.82, 2.24) is 9.97 Å². The van der Waals surface area contributed by atoms with E-state index < -0.39 is 0 Å². The van der Waals surface area contributed by atoms with Gasteiger partial charge in [-0.1, -0.05) is 12.1 Å². The first kappa shape index (κ1) is 11.1. The molecule has 17 heavy (non-hydrogen) atoms. The molecule has 2 N–H and O–H groups in total. The van der Waals surface area contributed by atoms with Crippen LogP contribution >= 0.6 is 0 Å². The van der Waals surface area contributed by atoms with Gasteiger partial charge in [-0.25, -0.2) is 9.78 Å². The third-order valence-electron chi connectivity index (χ3n) is 2.19. The molecule has 1 aromatic heterocycles.